The van der Waals surface area contributed by atoms with Crippen LogP contribution in [0.25, 0.3) is 10.8 Å². The molecule has 3 aromatic rings. The molecule has 0 N–H and O–H groups in total. The van der Waals surface area contributed by atoms with Crippen molar-refractivity contribution in [2.45, 2.75) is 24.8 Å². The molecule has 1 heterocycles. The third kappa shape index (κ3) is 3.63. The van der Waals surface area contributed by atoms with Crippen LogP contribution < -0.4 is 0 Å². The molecule has 0 saturated carbocycles. The summed E-state index contributed by atoms with van der Waals surface area (Å²) in [5, 5.41) is 1.79. The lowest BCUT2D eigenvalue weighted by Gasteiger charge is -2.33. The van der Waals surface area contributed by atoms with Crippen LogP contribution >= 0.6 is 12.6 Å². The molecular formula is C26H23NO2S. The first kappa shape index (κ1) is 20.3. The highest BCUT2D eigenvalue weighted by atomic mass is 32.1. The van der Waals surface area contributed by atoms with E-state index in [1.54, 1.807) is 18.4 Å². The molecule has 0 aliphatic carbocycles. The van der Waals surface area contributed by atoms with Crippen LogP contribution in [-0.2, 0) is 16.0 Å². The number of ketones is 1. The molecule has 150 valence electrons. The van der Waals surface area contributed by atoms with E-state index in [9.17, 15) is 9.59 Å². The number of hydrogen-bond acceptors (Lipinski definition) is 3. The van der Waals surface area contributed by atoms with Crippen molar-refractivity contribution in [2.75, 3.05) is 0 Å². The normalized spacial score (nSPS) is 19.7. The maximum atomic E-state index is 13.9. The van der Waals surface area contributed by atoms with Crippen molar-refractivity contribution < 1.29 is 9.59 Å². The summed E-state index contributed by atoms with van der Waals surface area (Å²) >= 11 is 4.16. The van der Waals surface area contributed by atoms with E-state index in [2.05, 4.69) is 17.6 Å². The average molecular weight is 414 g/mol. The molecule has 0 aromatic heterocycles. The highest BCUT2D eigenvalue weighted by molar-refractivity contribution is 7.96. The van der Waals surface area contributed by atoms with E-state index in [0.717, 1.165) is 21.9 Å². The number of Topliss-reactive ketones (excluding diaryl/α,β-unsaturated/α-hetero) is 1. The van der Waals surface area contributed by atoms with Gasteiger partial charge in [0.1, 0.15) is 5.54 Å². The first-order chi connectivity index (χ1) is 14.5. The van der Waals surface area contributed by atoms with Crippen LogP contribution in [0.3, 0.4) is 0 Å². The molecule has 4 heteroatoms. The molecule has 0 saturated heterocycles. The van der Waals surface area contributed by atoms with E-state index < -0.39 is 17.4 Å². The van der Waals surface area contributed by atoms with E-state index in [1.807, 2.05) is 79.7 Å². The first-order valence-electron chi connectivity index (χ1n) is 10.0. The summed E-state index contributed by atoms with van der Waals surface area (Å²) in [7, 11) is 0. The maximum Gasteiger partial charge on any atom is 0.192 e. The van der Waals surface area contributed by atoms with Crippen LogP contribution in [-0.4, -0.2) is 22.7 Å². The Morgan fingerprint density at radius 3 is 2.37 bits per heavy atom. The Morgan fingerprint density at radius 2 is 1.67 bits per heavy atom. The van der Waals surface area contributed by atoms with Crippen LogP contribution in [0.4, 0.5) is 0 Å². The number of fused-ring (bicyclic) bond motifs is 1. The number of benzene rings is 3. The van der Waals surface area contributed by atoms with Gasteiger partial charge in [0.25, 0.3) is 0 Å². The monoisotopic (exact) mass is 413 g/mol. The topological polar surface area (TPSA) is 46.5 Å². The smallest absolute Gasteiger partial charge is 0.192 e. The second-order valence-electron chi connectivity index (χ2n) is 7.70. The van der Waals surface area contributed by atoms with Gasteiger partial charge >= 0.3 is 0 Å². The van der Waals surface area contributed by atoms with Crippen LogP contribution in [0.15, 0.2) is 89.9 Å². The van der Waals surface area contributed by atoms with E-state index >= 15 is 0 Å². The van der Waals surface area contributed by atoms with Gasteiger partial charge in [-0.2, -0.15) is 0 Å². The third-order valence-electron chi connectivity index (χ3n) is 5.91. The average Bonchev–Trinajstić information content (AvgIpc) is 3.27. The molecule has 3 atom stereocenters. The van der Waals surface area contributed by atoms with E-state index in [4.69, 9.17) is 0 Å². The Bertz CT molecular complexity index is 1130. The molecule has 0 spiro atoms. The SMILES string of the molecule is CC(C(=O)C1(C(Cc2ccccc2)C(=O)S)C=CC=N1)c1cccc2ccccc12. The lowest BCUT2D eigenvalue weighted by Crippen LogP contribution is -2.47. The number of aliphatic imine (C=N–C) groups is 1. The molecule has 0 fully saturated rings. The molecule has 4 rings (SSSR count). The summed E-state index contributed by atoms with van der Waals surface area (Å²) in [4.78, 5) is 31.1. The molecule has 1 aliphatic heterocycles. The zero-order valence-corrected chi connectivity index (χ0v) is 17.6. The maximum absolute atomic E-state index is 13.9. The summed E-state index contributed by atoms with van der Waals surface area (Å²) in [5.41, 5.74) is 0.675. The molecule has 3 nitrogen and oxygen atoms in total. The van der Waals surface area contributed by atoms with Crippen molar-refractivity contribution in [1.29, 1.82) is 0 Å². The minimum absolute atomic E-state index is 0.0906. The number of rotatable bonds is 7. The Kier molecular flexibility index (Phi) is 5.69. The minimum atomic E-state index is -1.25. The zero-order valence-electron chi connectivity index (χ0n) is 16.7. The fraction of sp³-hybridized carbons (Fsp3) is 0.192. The molecule has 30 heavy (non-hydrogen) atoms. The van der Waals surface area contributed by atoms with Crippen molar-refractivity contribution in [3.05, 3.63) is 96.1 Å². The van der Waals surface area contributed by atoms with Gasteiger partial charge in [-0.25, -0.2) is 0 Å². The second kappa shape index (κ2) is 8.41. The molecular weight excluding hydrogens is 390 g/mol. The van der Waals surface area contributed by atoms with Gasteiger partial charge in [-0.05, 0) is 40.5 Å². The lowest BCUT2D eigenvalue weighted by atomic mass is 9.73. The van der Waals surface area contributed by atoms with E-state index in [0.29, 0.717) is 6.42 Å². The van der Waals surface area contributed by atoms with Gasteiger partial charge in [0.05, 0.1) is 5.92 Å². The fourth-order valence-corrected chi connectivity index (χ4v) is 4.61. The van der Waals surface area contributed by atoms with Crippen molar-refractivity contribution in [2.24, 2.45) is 10.9 Å². The highest BCUT2D eigenvalue weighted by Gasteiger charge is 2.48. The third-order valence-corrected chi connectivity index (χ3v) is 6.23. The van der Waals surface area contributed by atoms with Gasteiger partial charge < -0.3 is 0 Å². The van der Waals surface area contributed by atoms with Crippen molar-refractivity contribution >= 4 is 40.5 Å². The van der Waals surface area contributed by atoms with Crippen LogP contribution in [0.1, 0.15) is 24.0 Å². The minimum Gasteiger partial charge on any atom is -0.296 e. The Balaban J connectivity index is 1.75. The molecule has 3 unspecified atom stereocenters. The van der Waals surface area contributed by atoms with Crippen LogP contribution in [0.2, 0.25) is 0 Å². The molecule has 1 aliphatic rings. The summed E-state index contributed by atoms with van der Waals surface area (Å²) in [6.45, 7) is 1.90. The van der Waals surface area contributed by atoms with Crippen molar-refractivity contribution in [3.8, 4) is 0 Å². The van der Waals surface area contributed by atoms with Crippen LogP contribution in [0, 0.1) is 5.92 Å². The van der Waals surface area contributed by atoms with Crippen LogP contribution in [0.5, 0.6) is 0 Å². The first-order valence-corrected chi connectivity index (χ1v) is 10.5. The van der Waals surface area contributed by atoms with Gasteiger partial charge in [-0.3, -0.25) is 14.6 Å². The Morgan fingerprint density at radius 1 is 0.967 bits per heavy atom. The Labute approximate surface area is 181 Å². The van der Waals surface area contributed by atoms with Crippen molar-refractivity contribution in [3.63, 3.8) is 0 Å². The summed E-state index contributed by atoms with van der Waals surface area (Å²) < 4.78 is 0. The molecule has 3 aromatic carbocycles. The summed E-state index contributed by atoms with van der Waals surface area (Å²) in [6.07, 6.45) is 5.53. The summed E-state index contributed by atoms with van der Waals surface area (Å²) in [5.74, 6) is -1.20. The Hall–Kier alpha value is -2.98. The predicted molar refractivity (Wildman–Crippen MR) is 125 cm³/mol. The van der Waals surface area contributed by atoms with Gasteiger partial charge in [0.15, 0.2) is 10.9 Å². The van der Waals surface area contributed by atoms with E-state index in [-0.39, 0.29) is 10.9 Å². The number of thiol groups is 1. The lowest BCUT2D eigenvalue weighted by molar-refractivity contribution is -0.129. The van der Waals surface area contributed by atoms with Gasteiger partial charge in [-0.1, -0.05) is 79.7 Å². The standard InChI is InChI=1S/C26H23NO2S/c1-18(21-14-7-12-20-11-5-6-13-22(20)21)24(28)26(15-8-16-27-26)23(25(29)30)17-19-9-3-2-4-10-19/h2-16,18,23H,17H2,1H3,(H,29,30). The highest BCUT2D eigenvalue weighted by Crippen LogP contribution is 2.38. The largest absolute Gasteiger partial charge is 0.296 e. The second-order valence-corrected chi connectivity index (χ2v) is 8.14. The van der Waals surface area contributed by atoms with Crippen molar-refractivity contribution in [1.82, 2.24) is 0 Å². The fourth-order valence-electron chi connectivity index (χ4n) is 4.32. The quantitative estimate of drug-likeness (QED) is 0.541. The number of nitrogens with zero attached hydrogens (tertiary/aromatic N) is 1. The molecule has 0 amide bonds. The number of carbonyl (C=O) groups is 2. The van der Waals surface area contributed by atoms with E-state index in [1.165, 1.54) is 0 Å². The number of hydrogen-bond donors (Lipinski definition) is 1. The van der Waals surface area contributed by atoms with Gasteiger partial charge in [0.2, 0.25) is 0 Å². The molecule has 0 radical (unpaired) electrons. The van der Waals surface area contributed by atoms with Gasteiger partial charge in [0, 0.05) is 12.1 Å². The number of carbonyl (C=O) groups excluding carboxylic acids is 2. The molecule has 0 bridgehead atoms. The number of allylic oxidation sites excluding steroid dienone is 1. The predicted octanol–water partition coefficient (Wildman–Crippen LogP) is 5.21. The van der Waals surface area contributed by atoms with Gasteiger partial charge in [-0.15, -0.1) is 12.6 Å². The zero-order chi connectivity index (χ0) is 21.1. The summed E-state index contributed by atoms with van der Waals surface area (Å²) in [6, 6.07) is 23.7.